The number of furan rings is 1. The van der Waals surface area contributed by atoms with Gasteiger partial charge in [0.1, 0.15) is 13.1 Å². The average Bonchev–Trinajstić information content (AvgIpc) is 2.62. The molecule has 1 saturated heterocycles. The maximum absolute atomic E-state index is 11.7. The minimum Gasteiger partial charge on any atom is -0.440 e. The van der Waals surface area contributed by atoms with Crippen LogP contribution in [0.2, 0.25) is 5.22 Å². The number of carbonyl (C=O) groups excluding carboxylic acids is 3. The van der Waals surface area contributed by atoms with Gasteiger partial charge in [0.15, 0.2) is 11.0 Å². The van der Waals surface area contributed by atoms with E-state index in [4.69, 9.17) is 16.0 Å². The van der Waals surface area contributed by atoms with Crippen molar-refractivity contribution in [1.29, 1.82) is 0 Å². The summed E-state index contributed by atoms with van der Waals surface area (Å²) in [6.07, 6.45) is 0. The molecule has 0 aliphatic carbocycles. The van der Waals surface area contributed by atoms with E-state index < -0.39 is 17.7 Å². The summed E-state index contributed by atoms with van der Waals surface area (Å²) < 4.78 is 4.90. The largest absolute Gasteiger partial charge is 0.440 e. The van der Waals surface area contributed by atoms with E-state index in [2.05, 4.69) is 5.32 Å². The van der Waals surface area contributed by atoms with Crippen molar-refractivity contribution < 1.29 is 18.8 Å². The molecule has 0 saturated carbocycles. The van der Waals surface area contributed by atoms with E-state index in [-0.39, 0.29) is 24.1 Å². The molecular weight excluding hydrogens is 236 g/mol. The zero-order chi connectivity index (χ0) is 11.7. The number of nitrogens with one attached hydrogen (secondary N) is 1. The van der Waals surface area contributed by atoms with Crippen LogP contribution in [0.1, 0.15) is 10.6 Å². The van der Waals surface area contributed by atoms with Crippen LogP contribution < -0.4 is 5.32 Å². The molecular formula is C9H7ClN2O4. The normalized spacial score (nSPS) is 16.2. The quantitative estimate of drug-likeness (QED) is 0.705. The summed E-state index contributed by atoms with van der Waals surface area (Å²) in [6.45, 7) is -0.328. The summed E-state index contributed by atoms with van der Waals surface area (Å²) in [5, 5.41) is 2.17. The number of halogens is 1. The van der Waals surface area contributed by atoms with Crippen molar-refractivity contribution in [2.45, 2.75) is 0 Å². The van der Waals surface area contributed by atoms with E-state index in [1.807, 2.05) is 0 Å². The lowest BCUT2D eigenvalue weighted by Gasteiger charge is -2.24. The molecule has 0 bridgehead atoms. The second kappa shape index (κ2) is 3.97. The Bertz CT molecular complexity index is 452. The smallest absolute Gasteiger partial charge is 0.290 e. The molecule has 0 spiro atoms. The summed E-state index contributed by atoms with van der Waals surface area (Å²) in [4.78, 5) is 34.9. The van der Waals surface area contributed by atoms with Gasteiger partial charge in [-0.2, -0.15) is 0 Å². The Balaban J connectivity index is 2.15. The first kappa shape index (κ1) is 10.7. The Hall–Kier alpha value is -1.82. The molecule has 0 aromatic carbocycles. The maximum Gasteiger partial charge on any atom is 0.290 e. The Labute approximate surface area is 95.1 Å². The molecule has 2 rings (SSSR count). The first-order valence-corrected chi connectivity index (χ1v) is 4.81. The van der Waals surface area contributed by atoms with E-state index in [1.165, 1.54) is 12.1 Å². The van der Waals surface area contributed by atoms with Gasteiger partial charge >= 0.3 is 0 Å². The van der Waals surface area contributed by atoms with Crippen LogP contribution >= 0.6 is 11.6 Å². The summed E-state index contributed by atoms with van der Waals surface area (Å²) in [5.41, 5.74) is 0. The van der Waals surface area contributed by atoms with E-state index in [0.717, 1.165) is 4.90 Å². The molecule has 0 radical (unpaired) electrons. The predicted molar refractivity (Wildman–Crippen MR) is 52.8 cm³/mol. The van der Waals surface area contributed by atoms with Crippen molar-refractivity contribution in [3.63, 3.8) is 0 Å². The highest BCUT2D eigenvalue weighted by Crippen LogP contribution is 2.15. The maximum atomic E-state index is 11.7. The molecule has 1 fully saturated rings. The summed E-state index contributed by atoms with van der Waals surface area (Å²) in [6, 6.07) is 2.81. The van der Waals surface area contributed by atoms with Crippen LogP contribution in [0.15, 0.2) is 16.5 Å². The molecule has 1 aromatic heterocycles. The first-order chi connectivity index (χ1) is 7.56. The fraction of sp³-hybridized carbons (Fsp3) is 0.222. The third-order valence-corrected chi connectivity index (χ3v) is 2.22. The Morgan fingerprint density at radius 3 is 2.44 bits per heavy atom. The number of hydrogen-bond acceptors (Lipinski definition) is 4. The number of imide groups is 1. The predicted octanol–water partition coefficient (Wildman–Crippen LogP) is 0.0316. The number of rotatable bonds is 1. The van der Waals surface area contributed by atoms with Crippen LogP contribution in [0.4, 0.5) is 0 Å². The second-order valence-corrected chi connectivity index (χ2v) is 3.61. The molecule has 16 heavy (non-hydrogen) atoms. The first-order valence-electron chi connectivity index (χ1n) is 4.43. The number of carbonyl (C=O) groups is 3. The Kier molecular flexibility index (Phi) is 2.66. The van der Waals surface area contributed by atoms with E-state index in [0.29, 0.717) is 0 Å². The van der Waals surface area contributed by atoms with Crippen LogP contribution in [0, 0.1) is 0 Å². The van der Waals surface area contributed by atoms with Crippen LogP contribution in [0.5, 0.6) is 0 Å². The van der Waals surface area contributed by atoms with Gasteiger partial charge in [-0.25, -0.2) is 0 Å². The number of amides is 3. The van der Waals surface area contributed by atoms with E-state index in [1.54, 1.807) is 0 Å². The van der Waals surface area contributed by atoms with Crippen LogP contribution in [0.25, 0.3) is 0 Å². The van der Waals surface area contributed by atoms with Crippen molar-refractivity contribution in [3.8, 4) is 0 Å². The lowest BCUT2D eigenvalue weighted by molar-refractivity contribution is -0.135. The SMILES string of the molecule is O=C1CN(C(=O)c2ccc(Cl)o2)CC(=O)N1. The monoisotopic (exact) mass is 242 g/mol. The zero-order valence-electron chi connectivity index (χ0n) is 8.03. The summed E-state index contributed by atoms with van der Waals surface area (Å²) >= 11 is 5.52. The zero-order valence-corrected chi connectivity index (χ0v) is 8.78. The summed E-state index contributed by atoms with van der Waals surface area (Å²) in [5.74, 6) is -1.55. The molecule has 1 aliphatic heterocycles. The molecule has 1 aromatic rings. The van der Waals surface area contributed by atoms with E-state index >= 15 is 0 Å². The third-order valence-electron chi connectivity index (χ3n) is 2.02. The molecule has 1 N–H and O–H groups in total. The minimum absolute atomic E-state index is 0.00694. The average molecular weight is 243 g/mol. The summed E-state index contributed by atoms with van der Waals surface area (Å²) in [7, 11) is 0. The lowest BCUT2D eigenvalue weighted by Crippen LogP contribution is -2.53. The standard InChI is InChI=1S/C9H7ClN2O4/c10-6-2-1-5(16-6)9(15)12-3-7(13)11-8(14)4-12/h1-2H,3-4H2,(H,11,13,14). The van der Waals surface area contributed by atoms with Gasteiger partial charge in [0.05, 0.1) is 0 Å². The highest BCUT2D eigenvalue weighted by molar-refractivity contribution is 6.29. The number of nitrogens with zero attached hydrogens (tertiary/aromatic N) is 1. The minimum atomic E-state index is -0.532. The molecule has 6 nitrogen and oxygen atoms in total. The van der Waals surface area contributed by atoms with Gasteiger partial charge in [-0.3, -0.25) is 19.7 Å². The lowest BCUT2D eigenvalue weighted by atomic mass is 10.3. The number of hydrogen-bond donors (Lipinski definition) is 1. The van der Waals surface area contributed by atoms with Gasteiger partial charge in [0.2, 0.25) is 11.8 Å². The fourth-order valence-corrected chi connectivity index (χ4v) is 1.51. The fourth-order valence-electron chi connectivity index (χ4n) is 1.37. The van der Waals surface area contributed by atoms with Crippen molar-refractivity contribution in [3.05, 3.63) is 23.1 Å². The molecule has 84 valence electrons. The van der Waals surface area contributed by atoms with Crippen molar-refractivity contribution in [2.24, 2.45) is 0 Å². The van der Waals surface area contributed by atoms with Crippen LogP contribution in [-0.4, -0.2) is 35.7 Å². The molecule has 1 aliphatic rings. The van der Waals surface area contributed by atoms with Gasteiger partial charge in [-0.15, -0.1) is 0 Å². The molecule has 0 unspecified atom stereocenters. The van der Waals surface area contributed by atoms with Crippen molar-refractivity contribution in [2.75, 3.05) is 13.1 Å². The van der Waals surface area contributed by atoms with Crippen LogP contribution in [-0.2, 0) is 9.59 Å². The van der Waals surface area contributed by atoms with Gasteiger partial charge in [-0.1, -0.05) is 0 Å². The molecule has 3 amide bonds. The highest BCUT2D eigenvalue weighted by atomic mass is 35.5. The molecule has 0 atom stereocenters. The van der Waals surface area contributed by atoms with E-state index in [9.17, 15) is 14.4 Å². The Morgan fingerprint density at radius 1 is 1.31 bits per heavy atom. The Morgan fingerprint density at radius 2 is 1.94 bits per heavy atom. The van der Waals surface area contributed by atoms with Crippen molar-refractivity contribution in [1.82, 2.24) is 10.2 Å². The van der Waals surface area contributed by atoms with Gasteiger partial charge < -0.3 is 9.32 Å². The van der Waals surface area contributed by atoms with Gasteiger partial charge in [0, 0.05) is 0 Å². The topological polar surface area (TPSA) is 79.6 Å². The van der Waals surface area contributed by atoms with Gasteiger partial charge in [0.25, 0.3) is 5.91 Å². The van der Waals surface area contributed by atoms with Crippen LogP contribution in [0.3, 0.4) is 0 Å². The van der Waals surface area contributed by atoms with Gasteiger partial charge in [-0.05, 0) is 23.7 Å². The third kappa shape index (κ3) is 2.06. The van der Waals surface area contributed by atoms with Crippen molar-refractivity contribution >= 4 is 29.3 Å². The molecule has 2 heterocycles. The number of piperazine rings is 1. The molecule has 7 heteroatoms. The highest BCUT2D eigenvalue weighted by Gasteiger charge is 2.28. The second-order valence-electron chi connectivity index (χ2n) is 3.24.